The molecule has 1 aromatic rings. The molecule has 0 fully saturated rings. The number of carbonyl (C=O) groups is 1. The fraction of sp³-hybridized carbons (Fsp3) is 0.250. The van der Waals surface area contributed by atoms with Gasteiger partial charge in [0.25, 0.3) is 0 Å². The average molecular weight is 241 g/mol. The largest absolute Gasteiger partial charge is 0.295 e. The second-order valence-corrected chi connectivity index (χ2v) is 4.44. The lowest BCUT2D eigenvalue weighted by molar-refractivity contribution is -0.114. The smallest absolute Gasteiger partial charge is 0.155 e. The van der Waals surface area contributed by atoms with Crippen molar-refractivity contribution in [1.82, 2.24) is 0 Å². The third-order valence-electron chi connectivity index (χ3n) is 2.51. The maximum absolute atomic E-state index is 11.1. The number of hydrogen-bond acceptors (Lipinski definition) is 1. The van der Waals surface area contributed by atoms with Gasteiger partial charge in [-0.15, -0.1) is 0 Å². The van der Waals surface area contributed by atoms with Crippen LogP contribution in [0.2, 0.25) is 10.0 Å². The van der Waals surface area contributed by atoms with Crippen LogP contribution in [0.5, 0.6) is 0 Å². The fourth-order valence-electron chi connectivity index (χ4n) is 1.72. The van der Waals surface area contributed by atoms with Crippen molar-refractivity contribution in [2.45, 2.75) is 19.3 Å². The normalized spacial score (nSPS) is 15.6. The number of ketones is 1. The zero-order valence-electron chi connectivity index (χ0n) is 8.09. The monoisotopic (exact) mass is 240 g/mol. The van der Waals surface area contributed by atoms with Crippen molar-refractivity contribution in [2.24, 2.45) is 0 Å². The first-order valence-corrected chi connectivity index (χ1v) is 5.57. The zero-order valence-corrected chi connectivity index (χ0v) is 9.61. The minimum Gasteiger partial charge on any atom is -0.295 e. The van der Waals surface area contributed by atoms with Crippen LogP contribution in [0.4, 0.5) is 0 Å². The number of carbonyl (C=O) groups excluding carboxylic acids is 1. The van der Waals surface area contributed by atoms with Crippen LogP contribution < -0.4 is 0 Å². The average Bonchev–Trinajstić information content (AvgIpc) is 2.59. The van der Waals surface area contributed by atoms with E-state index in [-0.39, 0.29) is 5.78 Å². The Morgan fingerprint density at radius 2 is 2.00 bits per heavy atom. The highest BCUT2D eigenvalue weighted by Crippen LogP contribution is 2.29. The van der Waals surface area contributed by atoms with Crippen LogP contribution in [0.3, 0.4) is 0 Å². The highest BCUT2D eigenvalue weighted by atomic mass is 35.5. The molecular weight excluding hydrogens is 231 g/mol. The Bertz CT molecular complexity index is 435. The summed E-state index contributed by atoms with van der Waals surface area (Å²) in [4.78, 5) is 11.1. The molecule has 2 rings (SSSR count). The van der Waals surface area contributed by atoms with Crippen LogP contribution in [0.25, 0.3) is 0 Å². The second kappa shape index (κ2) is 4.38. The van der Waals surface area contributed by atoms with Crippen molar-refractivity contribution >= 4 is 29.0 Å². The summed E-state index contributed by atoms with van der Waals surface area (Å²) in [7, 11) is 0. The zero-order chi connectivity index (χ0) is 10.8. The Morgan fingerprint density at radius 3 is 2.67 bits per heavy atom. The molecule has 0 atom stereocenters. The van der Waals surface area contributed by atoms with E-state index in [9.17, 15) is 4.79 Å². The van der Waals surface area contributed by atoms with Gasteiger partial charge in [0.2, 0.25) is 0 Å². The minimum atomic E-state index is 0.211. The Hall–Kier alpha value is -0.790. The van der Waals surface area contributed by atoms with E-state index in [4.69, 9.17) is 23.2 Å². The van der Waals surface area contributed by atoms with Gasteiger partial charge in [-0.1, -0.05) is 40.9 Å². The first-order valence-electron chi connectivity index (χ1n) is 4.82. The third-order valence-corrected chi connectivity index (χ3v) is 3.36. The minimum absolute atomic E-state index is 0.211. The Balaban J connectivity index is 2.21. The molecular formula is C12H10Cl2O. The van der Waals surface area contributed by atoms with E-state index in [1.807, 2.05) is 12.1 Å². The molecule has 78 valence electrons. The number of allylic oxidation sites excluding steroid dienone is 2. The Morgan fingerprint density at radius 1 is 1.20 bits per heavy atom. The van der Waals surface area contributed by atoms with Crippen LogP contribution in [-0.4, -0.2) is 5.78 Å². The molecule has 0 radical (unpaired) electrons. The summed E-state index contributed by atoms with van der Waals surface area (Å²) in [5.74, 6) is 0.211. The van der Waals surface area contributed by atoms with Gasteiger partial charge in [-0.25, -0.2) is 0 Å². The summed E-state index contributed by atoms with van der Waals surface area (Å²) in [6, 6.07) is 5.58. The van der Waals surface area contributed by atoms with Crippen LogP contribution >= 0.6 is 23.2 Å². The lowest BCUT2D eigenvalue weighted by Crippen LogP contribution is -1.89. The van der Waals surface area contributed by atoms with Crippen molar-refractivity contribution in [3.05, 3.63) is 45.5 Å². The third kappa shape index (κ3) is 2.42. The van der Waals surface area contributed by atoms with Gasteiger partial charge in [0, 0.05) is 6.42 Å². The second-order valence-electron chi connectivity index (χ2n) is 3.66. The van der Waals surface area contributed by atoms with E-state index in [0.29, 0.717) is 16.5 Å². The van der Waals surface area contributed by atoms with Crippen molar-refractivity contribution in [3.63, 3.8) is 0 Å². The van der Waals surface area contributed by atoms with Crippen LogP contribution in [0.1, 0.15) is 18.4 Å². The van der Waals surface area contributed by atoms with Gasteiger partial charge in [-0.05, 0) is 30.5 Å². The summed E-state index contributed by atoms with van der Waals surface area (Å²) in [6.45, 7) is 0. The molecule has 0 saturated carbocycles. The quantitative estimate of drug-likeness (QED) is 0.769. The molecule has 1 aliphatic carbocycles. The molecule has 3 heteroatoms. The van der Waals surface area contributed by atoms with E-state index >= 15 is 0 Å². The van der Waals surface area contributed by atoms with Gasteiger partial charge in [0.1, 0.15) is 0 Å². The predicted molar refractivity (Wildman–Crippen MR) is 62.5 cm³/mol. The van der Waals surface area contributed by atoms with E-state index in [1.165, 1.54) is 0 Å². The molecule has 15 heavy (non-hydrogen) atoms. The Labute approximate surface area is 98.7 Å². The van der Waals surface area contributed by atoms with Crippen LogP contribution in [-0.2, 0) is 11.2 Å². The number of benzene rings is 1. The molecule has 0 bridgehead atoms. The molecule has 1 aliphatic rings. The van der Waals surface area contributed by atoms with Gasteiger partial charge < -0.3 is 0 Å². The molecule has 0 heterocycles. The first-order chi connectivity index (χ1) is 7.16. The van der Waals surface area contributed by atoms with Gasteiger partial charge in [0.15, 0.2) is 5.78 Å². The van der Waals surface area contributed by atoms with E-state index < -0.39 is 0 Å². The molecule has 0 saturated heterocycles. The van der Waals surface area contributed by atoms with E-state index in [2.05, 4.69) is 0 Å². The highest BCUT2D eigenvalue weighted by molar-refractivity contribution is 6.42. The molecule has 0 aromatic heterocycles. The lowest BCUT2D eigenvalue weighted by Gasteiger charge is -2.05. The number of halogens is 2. The van der Waals surface area contributed by atoms with Gasteiger partial charge in [0.05, 0.1) is 10.0 Å². The van der Waals surface area contributed by atoms with E-state index in [1.54, 1.807) is 12.1 Å². The predicted octanol–water partition coefficient (Wildman–Crippen LogP) is 3.83. The molecule has 0 unspecified atom stereocenters. The SMILES string of the molecule is O=C1C=C(Cc2cccc(Cl)c2Cl)CC1. The topological polar surface area (TPSA) is 17.1 Å². The summed E-state index contributed by atoms with van der Waals surface area (Å²) >= 11 is 12.0. The van der Waals surface area contributed by atoms with Crippen LogP contribution in [0.15, 0.2) is 29.8 Å². The Kier molecular flexibility index (Phi) is 3.13. The first kappa shape index (κ1) is 10.7. The molecule has 0 amide bonds. The fourth-order valence-corrected chi connectivity index (χ4v) is 2.11. The molecule has 0 aliphatic heterocycles. The van der Waals surface area contributed by atoms with E-state index in [0.717, 1.165) is 24.0 Å². The summed E-state index contributed by atoms with van der Waals surface area (Å²) in [5.41, 5.74) is 2.13. The van der Waals surface area contributed by atoms with Gasteiger partial charge >= 0.3 is 0 Å². The molecule has 1 nitrogen and oxygen atoms in total. The van der Waals surface area contributed by atoms with Crippen molar-refractivity contribution in [3.8, 4) is 0 Å². The summed E-state index contributed by atoms with van der Waals surface area (Å²) in [5, 5.41) is 1.17. The van der Waals surface area contributed by atoms with Gasteiger partial charge in [-0.3, -0.25) is 4.79 Å². The molecule has 0 N–H and O–H groups in total. The van der Waals surface area contributed by atoms with Crippen LogP contribution in [0, 0.1) is 0 Å². The number of hydrogen-bond donors (Lipinski definition) is 0. The molecule has 1 aromatic carbocycles. The van der Waals surface area contributed by atoms with Gasteiger partial charge in [-0.2, -0.15) is 0 Å². The summed E-state index contributed by atoms with van der Waals surface area (Å²) < 4.78 is 0. The van der Waals surface area contributed by atoms with Crippen molar-refractivity contribution in [2.75, 3.05) is 0 Å². The maximum atomic E-state index is 11.1. The molecule has 0 spiro atoms. The van der Waals surface area contributed by atoms with Crippen molar-refractivity contribution < 1.29 is 4.79 Å². The standard InChI is InChI=1S/C12H10Cl2O/c13-11-3-1-2-9(12(11)14)6-8-4-5-10(15)7-8/h1-3,7H,4-6H2. The summed E-state index contributed by atoms with van der Waals surface area (Å²) in [6.07, 6.45) is 3.93. The van der Waals surface area contributed by atoms with Crippen molar-refractivity contribution in [1.29, 1.82) is 0 Å². The maximum Gasteiger partial charge on any atom is 0.155 e. The number of rotatable bonds is 2. The highest BCUT2D eigenvalue weighted by Gasteiger charge is 2.14. The lowest BCUT2D eigenvalue weighted by atomic mass is 10.0.